The van der Waals surface area contributed by atoms with Crippen LogP contribution < -0.4 is 21.1 Å². The Morgan fingerprint density at radius 1 is 1.16 bits per heavy atom. The molecule has 0 bridgehead atoms. The predicted molar refractivity (Wildman–Crippen MR) is 77.2 cm³/mol. The van der Waals surface area contributed by atoms with E-state index < -0.39 is 0 Å². The van der Waals surface area contributed by atoms with Crippen molar-refractivity contribution in [3.8, 4) is 0 Å². The van der Waals surface area contributed by atoms with Gasteiger partial charge in [0.25, 0.3) is 0 Å². The molecule has 1 aromatic heterocycles. The monoisotopic (exact) mass is 265 g/mol. The van der Waals surface area contributed by atoms with E-state index in [-0.39, 0.29) is 0 Å². The van der Waals surface area contributed by atoms with Crippen LogP contribution in [-0.4, -0.2) is 41.6 Å². The van der Waals surface area contributed by atoms with E-state index in [4.69, 9.17) is 5.84 Å². The summed E-state index contributed by atoms with van der Waals surface area (Å²) in [6, 6.07) is 0. The Bertz CT molecular complexity index is 415. The first-order chi connectivity index (χ1) is 9.17. The average Bonchev–Trinajstić information content (AvgIpc) is 3.23. The lowest BCUT2D eigenvalue weighted by atomic mass is 10.4. The van der Waals surface area contributed by atoms with E-state index in [0.29, 0.717) is 17.8 Å². The van der Waals surface area contributed by atoms with Crippen molar-refractivity contribution in [2.45, 2.75) is 26.7 Å². The zero-order chi connectivity index (χ0) is 13.8. The van der Waals surface area contributed by atoms with Gasteiger partial charge in [-0.05, 0) is 32.6 Å². The number of nitrogens with two attached hydrogens (primary N) is 1. The highest BCUT2D eigenvalue weighted by molar-refractivity contribution is 5.44. The molecule has 0 atom stereocenters. The van der Waals surface area contributed by atoms with Gasteiger partial charge in [0.2, 0.25) is 17.8 Å². The Kier molecular flexibility index (Phi) is 4.36. The van der Waals surface area contributed by atoms with Crippen molar-refractivity contribution in [3.05, 3.63) is 0 Å². The van der Waals surface area contributed by atoms with Gasteiger partial charge in [-0.1, -0.05) is 0 Å². The molecule has 0 radical (unpaired) electrons. The number of rotatable bonds is 7. The van der Waals surface area contributed by atoms with Gasteiger partial charge in [-0.25, -0.2) is 5.84 Å². The summed E-state index contributed by atoms with van der Waals surface area (Å²) in [6.45, 7) is 6.87. The largest absolute Gasteiger partial charge is 0.343 e. The van der Waals surface area contributed by atoms with E-state index >= 15 is 0 Å². The molecule has 7 heteroatoms. The molecular weight excluding hydrogens is 242 g/mol. The van der Waals surface area contributed by atoms with Crippen LogP contribution in [0.1, 0.15) is 26.7 Å². The van der Waals surface area contributed by atoms with Crippen LogP contribution in [0.4, 0.5) is 17.8 Å². The van der Waals surface area contributed by atoms with Crippen molar-refractivity contribution < 1.29 is 0 Å². The Balaban J connectivity index is 2.23. The molecule has 1 fully saturated rings. The van der Waals surface area contributed by atoms with Crippen molar-refractivity contribution in [1.82, 2.24) is 15.0 Å². The summed E-state index contributed by atoms with van der Waals surface area (Å²) >= 11 is 0. The minimum absolute atomic E-state index is 0.412. The van der Waals surface area contributed by atoms with E-state index in [1.165, 1.54) is 12.8 Å². The Morgan fingerprint density at radius 2 is 1.79 bits per heavy atom. The zero-order valence-electron chi connectivity index (χ0n) is 11.9. The second kappa shape index (κ2) is 6.01. The van der Waals surface area contributed by atoms with Gasteiger partial charge in [0.1, 0.15) is 0 Å². The van der Waals surface area contributed by atoms with Gasteiger partial charge in [-0.3, -0.25) is 5.43 Å². The van der Waals surface area contributed by atoms with Crippen LogP contribution in [0.2, 0.25) is 0 Å². The number of hydrazine groups is 1. The molecule has 1 heterocycles. The van der Waals surface area contributed by atoms with Crippen molar-refractivity contribution in [2.24, 2.45) is 11.8 Å². The Hall–Kier alpha value is -1.63. The maximum atomic E-state index is 5.44. The molecule has 0 spiro atoms. The molecule has 106 valence electrons. The number of anilines is 3. The Morgan fingerprint density at radius 3 is 2.32 bits per heavy atom. The first-order valence-corrected chi connectivity index (χ1v) is 6.86. The molecule has 0 aromatic carbocycles. The van der Waals surface area contributed by atoms with E-state index in [0.717, 1.165) is 25.6 Å². The van der Waals surface area contributed by atoms with Gasteiger partial charge >= 0.3 is 0 Å². The van der Waals surface area contributed by atoms with Gasteiger partial charge in [-0.15, -0.1) is 0 Å². The Labute approximate surface area is 114 Å². The highest BCUT2D eigenvalue weighted by atomic mass is 15.4. The summed E-state index contributed by atoms with van der Waals surface area (Å²) in [5.41, 5.74) is 2.52. The topological polar surface area (TPSA) is 83.2 Å². The van der Waals surface area contributed by atoms with Crippen LogP contribution >= 0.6 is 0 Å². The SMILES string of the molecule is CCN(CC)c1nc(NN)nc(N(C)CC2CC2)n1. The molecule has 1 saturated carbocycles. The minimum Gasteiger partial charge on any atom is -0.343 e. The number of hydrogen-bond donors (Lipinski definition) is 2. The summed E-state index contributed by atoms with van der Waals surface area (Å²) < 4.78 is 0. The van der Waals surface area contributed by atoms with Crippen LogP contribution in [-0.2, 0) is 0 Å². The molecule has 1 aliphatic carbocycles. The lowest BCUT2D eigenvalue weighted by Crippen LogP contribution is -2.28. The highest BCUT2D eigenvalue weighted by Crippen LogP contribution is 2.30. The third-order valence-electron chi connectivity index (χ3n) is 3.36. The number of nitrogens with zero attached hydrogens (tertiary/aromatic N) is 5. The smallest absolute Gasteiger partial charge is 0.243 e. The van der Waals surface area contributed by atoms with Crippen LogP contribution in [0.3, 0.4) is 0 Å². The number of nitrogens with one attached hydrogen (secondary N) is 1. The third kappa shape index (κ3) is 3.44. The fraction of sp³-hybridized carbons (Fsp3) is 0.750. The van der Waals surface area contributed by atoms with E-state index in [1.54, 1.807) is 0 Å². The molecular formula is C12H23N7. The molecule has 0 aliphatic heterocycles. The summed E-state index contributed by atoms with van der Waals surface area (Å²) in [4.78, 5) is 17.3. The maximum absolute atomic E-state index is 5.44. The first-order valence-electron chi connectivity index (χ1n) is 6.86. The zero-order valence-corrected chi connectivity index (χ0v) is 11.9. The molecule has 19 heavy (non-hydrogen) atoms. The van der Waals surface area contributed by atoms with Crippen molar-refractivity contribution >= 4 is 17.8 Å². The van der Waals surface area contributed by atoms with Crippen LogP contribution in [0.15, 0.2) is 0 Å². The lowest BCUT2D eigenvalue weighted by Gasteiger charge is -2.22. The molecule has 7 nitrogen and oxygen atoms in total. The van der Waals surface area contributed by atoms with Gasteiger partial charge < -0.3 is 9.80 Å². The fourth-order valence-corrected chi connectivity index (χ4v) is 2.01. The molecule has 0 amide bonds. The van der Waals surface area contributed by atoms with Gasteiger partial charge in [0, 0.05) is 26.7 Å². The normalized spacial score (nSPS) is 14.3. The summed E-state index contributed by atoms with van der Waals surface area (Å²) in [6.07, 6.45) is 2.61. The van der Waals surface area contributed by atoms with Crippen LogP contribution in [0, 0.1) is 5.92 Å². The van der Waals surface area contributed by atoms with E-state index in [9.17, 15) is 0 Å². The van der Waals surface area contributed by atoms with Crippen LogP contribution in [0.5, 0.6) is 0 Å². The second-order valence-electron chi connectivity index (χ2n) is 4.90. The summed E-state index contributed by atoms with van der Waals surface area (Å²) in [7, 11) is 2.01. The van der Waals surface area contributed by atoms with Crippen LogP contribution in [0.25, 0.3) is 0 Å². The number of nitrogen functional groups attached to an aromatic ring is 1. The van der Waals surface area contributed by atoms with Crippen molar-refractivity contribution in [3.63, 3.8) is 0 Å². The van der Waals surface area contributed by atoms with E-state index in [2.05, 4.69) is 44.0 Å². The van der Waals surface area contributed by atoms with E-state index in [1.807, 2.05) is 7.05 Å². The van der Waals surface area contributed by atoms with Crippen molar-refractivity contribution in [1.29, 1.82) is 0 Å². The molecule has 0 saturated heterocycles. The lowest BCUT2D eigenvalue weighted by molar-refractivity contribution is 0.749. The van der Waals surface area contributed by atoms with Gasteiger partial charge in [0.15, 0.2) is 0 Å². The highest BCUT2D eigenvalue weighted by Gasteiger charge is 2.24. The standard InChI is InChI=1S/C12H23N7/c1-4-19(5-2)12-15-10(17-13)14-11(16-12)18(3)8-9-6-7-9/h9H,4-8,13H2,1-3H3,(H,14,15,16,17). The third-order valence-corrected chi connectivity index (χ3v) is 3.36. The van der Waals surface area contributed by atoms with Gasteiger partial charge in [0.05, 0.1) is 0 Å². The molecule has 2 rings (SSSR count). The number of hydrogen-bond acceptors (Lipinski definition) is 7. The maximum Gasteiger partial charge on any atom is 0.243 e. The minimum atomic E-state index is 0.412. The average molecular weight is 265 g/mol. The van der Waals surface area contributed by atoms with Gasteiger partial charge in [-0.2, -0.15) is 15.0 Å². The summed E-state index contributed by atoms with van der Waals surface area (Å²) in [5, 5.41) is 0. The quantitative estimate of drug-likeness (QED) is 0.558. The fourth-order valence-electron chi connectivity index (χ4n) is 2.01. The second-order valence-corrected chi connectivity index (χ2v) is 4.90. The molecule has 1 aliphatic rings. The first kappa shape index (κ1) is 13.8. The molecule has 1 aromatic rings. The molecule has 0 unspecified atom stereocenters. The number of aromatic nitrogens is 3. The molecule has 3 N–H and O–H groups in total. The predicted octanol–water partition coefficient (Wildman–Crippen LogP) is 0.850. The van der Waals surface area contributed by atoms with Crippen molar-refractivity contribution in [2.75, 3.05) is 41.9 Å². The summed E-state index contributed by atoms with van der Waals surface area (Å²) in [5.74, 6) is 7.99.